The molecular formula is C28H26F3N5O2S. The highest BCUT2D eigenvalue weighted by Crippen LogP contribution is 2.36. The Bertz CT molecular complexity index is 1400. The first-order chi connectivity index (χ1) is 18.7. The molecule has 0 atom stereocenters. The molecule has 1 aliphatic heterocycles. The molecule has 5 rings (SSSR count). The number of nitrogens with zero attached hydrogens (tertiary/aromatic N) is 3. The van der Waals surface area contributed by atoms with Crippen LogP contribution in [0.5, 0.6) is 0 Å². The molecule has 1 aromatic carbocycles. The Morgan fingerprint density at radius 1 is 1.00 bits per heavy atom. The van der Waals surface area contributed by atoms with E-state index in [1.807, 2.05) is 6.07 Å². The third kappa shape index (κ3) is 6.90. The first kappa shape index (κ1) is 27.0. The van der Waals surface area contributed by atoms with E-state index < -0.39 is 17.6 Å². The summed E-state index contributed by atoms with van der Waals surface area (Å²) in [5.41, 5.74) is 0.985. The highest BCUT2D eigenvalue weighted by Gasteiger charge is 2.33. The van der Waals surface area contributed by atoms with Gasteiger partial charge in [-0.05, 0) is 73.7 Å². The van der Waals surface area contributed by atoms with Gasteiger partial charge < -0.3 is 5.32 Å². The van der Waals surface area contributed by atoms with Gasteiger partial charge in [0.25, 0.3) is 11.1 Å². The summed E-state index contributed by atoms with van der Waals surface area (Å²) in [5, 5.41) is 5.36. The highest BCUT2D eigenvalue weighted by molar-refractivity contribution is 8.18. The van der Waals surface area contributed by atoms with Crippen LogP contribution >= 0.6 is 11.8 Å². The van der Waals surface area contributed by atoms with Crippen LogP contribution in [0.1, 0.15) is 48.5 Å². The molecule has 2 amide bonds. The maximum Gasteiger partial charge on any atom is 0.417 e. The summed E-state index contributed by atoms with van der Waals surface area (Å²) in [6, 6.07) is 12.7. The van der Waals surface area contributed by atoms with Crippen molar-refractivity contribution in [2.75, 3.05) is 0 Å². The molecular weight excluding hydrogens is 527 g/mol. The molecule has 2 aliphatic rings. The second kappa shape index (κ2) is 11.7. The lowest BCUT2D eigenvalue weighted by atomic mass is 9.84. The number of carbonyl (C=O) groups is 2. The van der Waals surface area contributed by atoms with Crippen molar-refractivity contribution in [3.8, 4) is 11.3 Å². The number of alkyl halides is 3. The number of amides is 2. The molecule has 1 saturated carbocycles. The Hall–Kier alpha value is -3.57. The second-order valence-electron chi connectivity index (χ2n) is 9.61. The molecule has 11 heteroatoms. The normalized spacial score (nSPS) is 20.8. The van der Waals surface area contributed by atoms with Gasteiger partial charge in [0.1, 0.15) is 5.82 Å². The summed E-state index contributed by atoms with van der Waals surface area (Å²) in [6.45, 7) is 0.477. The molecule has 1 aliphatic carbocycles. The van der Waals surface area contributed by atoms with Gasteiger partial charge in [0.2, 0.25) is 0 Å². The maximum absolute atomic E-state index is 13.4. The number of nitrogens with one attached hydrogen (secondary N) is 2. The molecule has 39 heavy (non-hydrogen) atoms. The van der Waals surface area contributed by atoms with Crippen LogP contribution < -0.4 is 10.6 Å². The largest absolute Gasteiger partial charge is 0.417 e. The van der Waals surface area contributed by atoms with E-state index in [0.29, 0.717) is 46.3 Å². The molecule has 0 radical (unpaired) electrons. The van der Waals surface area contributed by atoms with Crippen molar-refractivity contribution in [3.05, 3.63) is 82.4 Å². The Kier molecular flexibility index (Phi) is 8.08. The van der Waals surface area contributed by atoms with Crippen LogP contribution in [0.4, 0.5) is 18.0 Å². The fourth-order valence-electron chi connectivity index (χ4n) is 4.91. The molecule has 2 fully saturated rings. The molecule has 3 aromatic rings. The number of benzene rings is 1. The van der Waals surface area contributed by atoms with E-state index in [4.69, 9.17) is 0 Å². The van der Waals surface area contributed by atoms with Crippen LogP contribution in [0.3, 0.4) is 0 Å². The third-order valence-corrected chi connectivity index (χ3v) is 7.66. The van der Waals surface area contributed by atoms with Crippen LogP contribution in [-0.2, 0) is 23.9 Å². The van der Waals surface area contributed by atoms with Gasteiger partial charge in [-0.1, -0.05) is 24.3 Å². The molecule has 0 spiro atoms. The molecule has 0 unspecified atom stereocenters. The lowest BCUT2D eigenvalue weighted by Crippen LogP contribution is -2.33. The van der Waals surface area contributed by atoms with E-state index in [-0.39, 0.29) is 10.8 Å². The average Bonchev–Trinajstić information content (AvgIpc) is 3.24. The number of carbonyl (C=O) groups excluding carboxylic acids is 2. The Morgan fingerprint density at radius 3 is 2.54 bits per heavy atom. The van der Waals surface area contributed by atoms with E-state index in [2.05, 4.69) is 25.6 Å². The zero-order valence-electron chi connectivity index (χ0n) is 20.9. The van der Waals surface area contributed by atoms with Crippen molar-refractivity contribution >= 4 is 29.0 Å². The summed E-state index contributed by atoms with van der Waals surface area (Å²) in [5.74, 6) is 0.719. The molecule has 0 bridgehead atoms. The summed E-state index contributed by atoms with van der Waals surface area (Å²) < 4.78 is 40.3. The van der Waals surface area contributed by atoms with E-state index in [9.17, 15) is 22.8 Å². The minimum atomic E-state index is -4.44. The highest BCUT2D eigenvalue weighted by atomic mass is 32.2. The van der Waals surface area contributed by atoms with Gasteiger partial charge in [-0.3, -0.25) is 19.9 Å². The lowest BCUT2D eigenvalue weighted by Gasteiger charge is -2.29. The van der Waals surface area contributed by atoms with Crippen molar-refractivity contribution in [2.24, 2.45) is 5.92 Å². The summed E-state index contributed by atoms with van der Waals surface area (Å²) in [4.78, 5) is 36.9. The van der Waals surface area contributed by atoms with Crippen molar-refractivity contribution in [1.29, 1.82) is 0 Å². The predicted octanol–water partition coefficient (Wildman–Crippen LogP) is 5.77. The van der Waals surface area contributed by atoms with Crippen LogP contribution in [0, 0.1) is 5.92 Å². The predicted molar refractivity (Wildman–Crippen MR) is 142 cm³/mol. The zero-order chi connectivity index (χ0) is 27.4. The Labute approximate surface area is 227 Å². The van der Waals surface area contributed by atoms with Gasteiger partial charge in [0.05, 0.1) is 27.6 Å². The third-order valence-electron chi connectivity index (χ3n) is 6.85. The molecule has 2 aromatic heterocycles. The first-order valence-electron chi connectivity index (χ1n) is 12.7. The number of hydrogen-bond donors (Lipinski definition) is 2. The standard InChI is InChI=1S/C28H26F3N5O2S/c29-28(30,31)22-6-2-1-5-21(22)23-7-3-4-20(34-23)16-33-18-10-8-17(9-11-18)14-25-32-13-12-19(35-25)15-24-26(37)36-27(38)39-24/h1-7,12-13,15,17-18,33H,8-11,14,16H2,(H,36,37,38)/b24-15-. The number of halogens is 3. The number of thioether (sulfide) groups is 1. The zero-order valence-corrected chi connectivity index (χ0v) is 21.7. The van der Waals surface area contributed by atoms with E-state index >= 15 is 0 Å². The van der Waals surface area contributed by atoms with Gasteiger partial charge in [-0.25, -0.2) is 9.97 Å². The van der Waals surface area contributed by atoms with Crippen LogP contribution in [0.2, 0.25) is 0 Å². The fourth-order valence-corrected chi connectivity index (χ4v) is 5.58. The summed E-state index contributed by atoms with van der Waals surface area (Å²) in [6.07, 6.45) is 3.45. The Balaban J connectivity index is 1.14. The minimum absolute atomic E-state index is 0.0774. The van der Waals surface area contributed by atoms with Gasteiger partial charge in [-0.2, -0.15) is 13.2 Å². The fraction of sp³-hybridized carbons (Fsp3) is 0.321. The molecule has 202 valence electrons. The number of hydrogen-bond acceptors (Lipinski definition) is 7. The lowest BCUT2D eigenvalue weighted by molar-refractivity contribution is -0.137. The van der Waals surface area contributed by atoms with Crippen LogP contribution in [-0.4, -0.2) is 32.1 Å². The second-order valence-corrected chi connectivity index (χ2v) is 10.6. The van der Waals surface area contributed by atoms with Crippen LogP contribution in [0.15, 0.2) is 59.6 Å². The van der Waals surface area contributed by atoms with Gasteiger partial charge >= 0.3 is 6.18 Å². The molecule has 3 heterocycles. The Morgan fingerprint density at radius 2 is 1.79 bits per heavy atom. The summed E-state index contributed by atoms with van der Waals surface area (Å²) >= 11 is 0.859. The van der Waals surface area contributed by atoms with Gasteiger partial charge in [-0.15, -0.1) is 0 Å². The first-order valence-corrected chi connectivity index (χ1v) is 13.5. The molecule has 2 N–H and O–H groups in total. The van der Waals surface area contributed by atoms with Crippen molar-refractivity contribution in [2.45, 2.75) is 50.9 Å². The number of aromatic nitrogens is 3. The van der Waals surface area contributed by atoms with Crippen LogP contribution in [0.25, 0.3) is 17.3 Å². The van der Waals surface area contributed by atoms with Crippen molar-refractivity contribution < 1.29 is 22.8 Å². The quantitative estimate of drug-likeness (QED) is 0.359. The maximum atomic E-state index is 13.4. The molecule has 1 saturated heterocycles. The van der Waals surface area contributed by atoms with Crippen molar-refractivity contribution in [3.63, 3.8) is 0 Å². The summed E-state index contributed by atoms with van der Waals surface area (Å²) in [7, 11) is 0. The average molecular weight is 554 g/mol. The topological polar surface area (TPSA) is 96.9 Å². The number of rotatable bonds is 7. The smallest absolute Gasteiger partial charge is 0.308 e. The van der Waals surface area contributed by atoms with Crippen molar-refractivity contribution in [1.82, 2.24) is 25.6 Å². The number of pyridine rings is 1. The number of imide groups is 1. The van der Waals surface area contributed by atoms with E-state index in [0.717, 1.165) is 49.9 Å². The monoisotopic (exact) mass is 553 g/mol. The van der Waals surface area contributed by atoms with Gasteiger partial charge in [0, 0.05) is 30.8 Å². The minimum Gasteiger partial charge on any atom is -0.308 e. The van der Waals surface area contributed by atoms with Gasteiger partial charge in [0.15, 0.2) is 0 Å². The SMILES string of the molecule is O=C1NC(=O)/C(=C/c2ccnc(CC3CCC(NCc4cccc(-c5ccccc5C(F)(F)F)n4)CC3)n2)S1. The molecule has 7 nitrogen and oxygen atoms in total. The van der Waals surface area contributed by atoms with E-state index in [1.165, 1.54) is 12.1 Å². The van der Waals surface area contributed by atoms with E-state index in [1.54, 1.807) is 36.5 Å².